The number of hydrogen-bond acceptors (Lipinski definition) is 5. The molecule has 1 aliphatic carbocycles. The van der Waals surface area contributed by atoms with Crippen LogP contribution in [0.4, 0.5) is 0 Å². The number of allylic oxidation sites excluding steroid dienone is 1. The SMILES string of the molecule is O=C(O)c1cccc(-c2ccc(CC(=O)C3(c4cc(C5CC5)[nH]n4)C=CC=N3)cc2)n1. The number of carboxylic acids is 1. The van der Waals surface area contributed by atoms with Gasteiger partial charge < -0.3 is 5.11 Å². The van der Waals surface area contributed by atoms with Gasteiger partial charge in [-0.05, 0) is 48.8 Å². The molecule has 1 unspecified atom stereocenters. The Morgan fingerprint density at radius 1 is 1.13 bits per heavy atom. The van der Waals surface area contributed by atoms with Crippen LogP contribution in [0, 0.1) is 0 Å². The molecule has 0 bridgehead atoms. The number of aromatic amines is 1. The summed E-state index contributed by atoms with van der Waals surface area (Å²) in [5.41, 5.74) is 2.81. The van der Waals surface area contributed by atoms with Crippen LogP contribution < -0.4 is 0 Å². The number of carbonyl (C=O) groups excluding carboxylic acids is 1. The van der Waals surface area contributed by atoms with E-state index in [-0.39, 0.29) is 17.9 Å². The van der Waals surface area contributed by atoms with Gasteiger partial charge in [-0.3, -0.25) is 14.9 Å². The number of aromatic nitrogens is 3. The van der Waals surface area contributed by atoms with Crippen molar-refractivity contribution < 1.29 is 14.7 Å². The van der Waals surface area contributed by atoms with E-state index in [1.165, 1.54) is 6.07 Å². The first-order valence-corrected chi connectivity index (χ1v) is 10.2. The Balaban J connectivity index is 1.37. The normalized spacial score (nSPS) is 19.6. The Bertz CT molecular complexity index is 1210. The lowest BCUT2D eigenvalue weighted by Gasteiger charge is -2.20. The first-order chi connectivity index (χ1) is 15.0. The molecule has 31 heavy (non-hydrogen) atoms. The van der Waals surface area contributed by atoms with Crippen molar-refractivity contribution in [3.63, 3.8) is 0 Å². The lowest BCUT2D eigenvalue weighted by atomic mass is 9.87. The molecular weight excluding hydrogens is 392 g/mol. The fraction of sp³-hybridized carbons (Fsp3) is 0.208. The van der Waals surface area contributed by atoms with Crippen molar-refractivity contribution in [2.45, 2.75) is 30.7 Å². The van der Waals surface area contributed by atoms with Crippen LogP contribution in [0.2, 0.25) is 0 Å². The maximum absolute atomic E-state index is 13.3. The maximum atomic E-state index is 13.3. The molecule has 1 aromatic carbocycles. The van der Waals surface area contributed by atoms with E-state index in [1.54, 1.807) is 30.5 Å². The van der Waals surface area contributed by atoms with E-state index < -0.39 is 11.5 Å². The molecule has 1 atom stereocenters. The van der Waals surface area contributed by atoms with Gasteiger partial charge in [-0.15, -0.1) is 0 Å². The summed E-state index contributed by atoms with van der Waals surface area (Å²) in [7, 11) is 0. The predicted octanol–water partition coefficient (Wildman–Crippen LogP) is 3.70. The zero-order chi connectivity index (χ0) is 21.4. The minimum atomic E-state index is -1.08. The quantitative estimate of drug-likeness (QED) is 0.615. The molecule has 0 spiro atoms. The molecule has 7 nitrogen and oxygen atoms in total. The third-order valence-electron chi connectivity index (χ3n) is 5.71. The average Bonchev–Trinajstić information content (AvgIpc) is 3.30. The number of carboxylic acid groups (broad SMARTS) is 1. The van der Waals surface area contributed by atoms with Gasteiger partial charge in [0.25, 0.3) is 0 Å². The summed E-state index contributed by atoms with van der Waals surface area (Å²) in [4.78, 5) is 33.1. The van der Waals surface area contributed by atoms with Crippen molar-refractivity contribution in [3.05, 3.63) is 83.3 Å². The molecule has 2 aliphatic rings. The van der Waals surface area contributed by atoms with E-state index in [1.807, 2.05) is 30.3 Å². The number of aliphatic imine (C=N–C) groups is 1. The highest BCUT2D eigenvalue weighted by Gasteiger charge is 2.41. The molecule has 2 aromatic heterocycles. The number of nitrogens with zero attached hydrogens (tertiary/aromatic N) is 3. The zero-order valence-electron chi connectivity index (χ0n) is 16.7. The molecule has 7 heteroatoms. The Morgan fingerprint density at radius 2 is 1.94 bits per heavy atom. The highest BCUT2D eigenvalue weighted by Crippen LogP contribution is 2.41. The number of aromatic carboxylic acids is 1. The third kappa shape index (κ3) is 3.59. The van der Waals surface area contributed by atoms with Crippen molar-refractivity contribution in [2.24, 2.45) is 4.99 Å². The van der Waals surface area contributed by atoms with Crippen LogP contribution in [-0.2, 0) is 16.8 Å². The summed E-state index contributed by atoms with van der Waals surface area (Å²) in [6.07, 6.45) is 7.74. The molecule has 0 saturated heterocycles. The van der Waals surface area contributed by atoms with E-state index in [0.29, 0.717) is 17.3 Å². The molecule has 5 rings (SSSR count). The second-order valence-electron chi connectivity index (χ2n) is 7.90. The van der Waals surface area contributed by atoms with Gasteiger partial charge in [-0.25, -0.2) is 9.78 Å². The molecule has 2 N–H and O–H groups in total. The molecule has 0 amide bonds. The fourth-order valence-corrected chi connectivity index (χ4v) is 3.81. The largest absolute Gasteiger partial charge is 0.477 e. The van der Waals surface area contributed by atoms with Crippen molar-refractivity contribution in [2.75, 3.05) is 0 Å². The van der Waals surface area contributed by atoms with Gasteiger partial charge in [0.15, 0.2) is 11.3 Å². The number of H-pyrrole nitrogens is 1. The van der Waals surface area contributed by atoms with Crippen LogP contribution in [0.15, 0.2) is 65.7 Å². The lowest BCUT2D eigenvalue weighted by Crippen LogP contribution is -2.32. The van der Waals surface area contributed by atoms with Crippen molar-refractivity contribution in [1.29, 1.82) is 0 Å². The number of carbonyl (C=O) groups is 2. The Kier molecular flexibility index (Phi) is 4.58. The molecule has 1 fully saturated rings. The first kappa shape index (κ1) is 19.1. The van der Waals surface area contributed by atoms with E-state index in [0.717, 1.165) is 29.7 Å². The van der Waals surface area contributed by atoms with Gasteiger partial charge in [0.05, 0.1) is 5.69 Å². The number of ketones is 1. The number of nitrogens with one attached hydrogen (secondary N) is 1. The maximum Gasteiger partial charge on any atom is 0.354 e. The second-order valence-corrected chi connectivity index (χ2v) is 7.90. The average molecular weight is 412 g/mol. The first-order valence-electron chi connectivity index (χ1n) is 10.2. The topological polar surface area (TPSA) is 108 Å². The molecule has 0 radical (unpaired) electrons. The zero-order valence-corrected chi connectivity index (χ0v) is 16.7. The van der Waals surface area contributed by atoms with Crippen molar-refractivity contribution in [1.82, 2.24) is 15.2 Å². The summed E-state index contributed by atoms with van der Waals surface area (Å²) in [5.74, 6) is -0.601. The van der Waals surface area contributed by atoms with E-state index in [9.17, 15) is 9.59 Å². The Morgan fingerprint density at radius 3 is 2.61 bits per heavy atom. The van der Waals surface area contributed by atoms with Crippen LogP contribution in [0.1, 0.15) is 46.2 Å². The van der Waals surface area contributed by atoms with Crippen LogP contribution in [-0.4, -0.2) is 38.3 Å². The number of hydrogen-bond donors (Lipinski definition) is 2. The predicted molar refractivity (Wildman–Crippen MR) is 115 cm³/mol. The second kappa shape index (κ2) is 7.43. The standard InChI is InChI=1S/C24H20N4O3/c29-22(24(11-2-12-25-24)21-14-20(27-28-21)17-9-10-17)13-15-5-7-16(8-6-15)18-3-1-4-19(26-18)23(30)31/h1-8,11-12,14,17H,9-10,13H2,(H,27,28)(H,30,31). The monoisotopic (exact) mass is 412 g/mol. The lowest BCUT2D eigenvalue weighted by molar-refractivity contribution is -0.122. The number of Topliss-reactive ketones (excluding diaryl/α,β-unsaturated/α-hetero) is 1. The van der Waals surface area contributed by atoms with Crippen molar-refractivity contribution in [3.8, 4) is 11.3 Å². The number of pyridine rings is 1. The minimum absolute atomic E-state index is 0.00542. The fourth-order valence-electron chi connectivity index (χ4n) is 3.81. The van der Waals surface area contributed by atoms with E-state index in [2.05, 4.69) is 20.2 Å². The highest BCUT2D eigenvalue weighted by atomic mass is 16.4. The summed E-state index contributed by atoms with van der Waals surface area (Å²) in [6.45, 7) is 0. The van der Waals surface area contributed by atoms with E-state index in [4.69, 9.17) is 5.11 Å². The summed E-state index contributed by atoms with van der Waals surface area (Å²) < 4.78 is 0. The van der Waals surface area contributed by atoms with Gasteiger partial charge in [-0.2, -0.15) is 5.10 Å². The van der Waals surface area contributed by atoms with Crippen LogP contribution in [0.3, 0.4) is 0 Å². The Labute approximate surface area is 178 Å². The van der Waals surface area contributed by atoms with Gasteiger partial charge in [0, 0.05) is 29.8 Å². The molecule has 3 aromatic rings. The van der Waals surface area contributed by atoms with Gasteiger partial charge in [0.1, 0.15) is 11.4 Å². The smallest absolute Gasteiger partial charge is 0.354 e. The van der Waals surface area contributed by atoms with Gasteiger partial charge in [-0.1, -0.05) is 30.3 Å². The number of rotatable bonds is 7. The Hall–Kier alpha value is -3.87. The number of benzene rings is 1. The van der Waals surface area contributed by atoms with Gasteiger partial charge >= 0.3 is 5.97 Å². The molecular formula is C24H20N4O3. The van der Waals surface area contributed by atoms with E-state index >= 15 is 0 Å². The molecule has 1 saturated carbocycles. The minimum Gasteiger partial charge on any atom is -0.477 e. The summed E-state index contributed by atoms with van der Waals surface area (Å²) >= 11 is 0. The van der Waals surface area contributed by atoms with Gasteiger partial charge in [0.2, 0.25) is 0 Å². The van der Waals surface area contributed by atoms with Crippen LogP contribution in [0.25, 0.3) is 11.3 Å². The molecule has 154 valence electrons. The molecule has 1 aliphatic heterocycles. The molecule has 3 heterocycles. The van der Waals surface area contributed by atoms with Crippen LogP contribution in [0.5, 0.6) is 0 Å². The van der Waals surface area contributed by atoms with Crippen LogP contribution >= 0.6 is 0 Å². The summed E-state index contributed by atoms with van der Waals surface area (Å²) in [6, 6.07) is 14.3. The van der Waals surface area contributed by atoms with Crippen molar-refractivity contribution >= 4 is 18.0 Å². The summed E-state index contributed by atoms with van der Waals surface area (Å²) in [5, 5.41) is 16.6. The highest BCUT2D eigenvalue weighted by molar-refractivity contribution is 5.97. The third-order valence-corrected chi connectivity index (χ3v) is 5.71.